The number of Topliss-reactive ketones (excluding diaryl/α,β-unsaturated/α-hetero) is 1. The Bertz CT molecular complexity index is 2430. The predicted molar refractivity (Wildman–Crippen MR) is 189 cm³/mol. The van der Waals surface area contributed by atoms with Crippen LogP contribution in [0, 0.1) is 11.3 Å². The van der Waals surface area contributed by atoms with Gasteiger partial charge in [-0.2, -0.15) is 0 Å². The van der Waals surface area contributed by atoms with Crippen molar-refractivity contribution in [2.45, 2.75) is 51.7 Å². The van der Waals surface area contributed by atoms with Gasteiger partial charge in [0.15, 0.2) is 34.6 Å². The Morgan fingerprint density at radius 2 is 1.67 bits per heavy atom. The quantitative estimate of drug-likeness (QED) is 0.277. The van der Waals surface area contributed by atoms with E-state index in [1.165, 1.54) is 41.3 Å². The number of aryl methyl sites for hydroxylation is 2. The molecular weight excluding hydrogens is 726 g/mol. The van der Waals surface area contributed by atoms with Crippen molar-refractivity contribution in [1.29, 1.82) is 0 Å². The van der Waals surface area contributed by atoms with E-state index in [1.54, 1.807) is 45.2 Å². The van der Waals surface area contributed by atoms with Crippen LogP contribution in [0.3, 0.4) is 0 Å². The topological polar surface area (TPSA) is 166 Å². The molecule has 0 bridgehead atoms. The van der Waals surface area contributed by atoms with Crippen LogP contribution in [0.2, 0.25) is 0 Å². The number of hydrogen-bond acceptors (Lipinski definition) is 10. The molecule has 0 spiro atoms. The van der Waals surface area contributed by atoms with Crippen LogP contribution in [0.4, 0.5) is 0 Å². The van der Waals surface area contributed by atoms with E-state index in [4.69, 9.17) is 14.2 Å². The molecule has 266 valence electrons. The number of fused-ring (bicyclic) bond motifs is 5. The number of aromatic hydroxyl groups is 1. The maximum absolute atomic E-state index is 14.2. The van der Waals surface area contributed by atoms with Gasteiger partial charge in [-0.15, -0.1) is 0 Å². The molecule has 1 aliphatic heterocycles. The Morgan fingerprint density at radius 3 is 2.35 bits per heavy atom. The van der Waals surface area contributed by atoms with Crippen molar-refractivity contribution >= 4 is 38.5 Å². The van der Waals surface area contributed by atoms with E-state index in [9.17, 15) is 29.1 Å². The molecule has 0 radical (unpaired) electrons. The standard InChI is InChI=1S/C36H36BrN5O9/c1-17-11-29(43)36(2)20(31(17)44)14-24-19(30(36)18-12-21(37)32(45)28(13-18)51-6)7-10-41-34(47)40(35(48)42(24)41)9-8-22-33(46)39(3)25-16-27(50-5)26(49-4)15-23(25)38-22/h7,11-13,15-16,20,24,30,45H,8-10,14H2,1-6H3/t20-,24+,30-,36-/m0/s1. The summed E-state index contributed by atoms with van der Waals surface area (Å²) >= 11 is 3.40. The van der Waals surface area contributed by atoms with Gasteiger partial charge in [0.1, 0.15) is 5.69 Å². The van der Waals surface area contributed by atoms with Gasteiger partial charge in [-0.25, -0.2) is 28.5 Å². The number of methoxy groups -OCH3 is 3. The summed E-state index contributed by atoms with van der Waals surface area (Å²) in [6, 6.07) is 5.91. The molecule has 2 aliphatic carbocycles. The molecule has 4 aromatic rings. The van der Waals surface area contributed by atoms with Crippen LogP contribution in [0.25, 0.3) is 11.0 Å². The number of benzene rings is 2. The van der Waals surface area contributed by atoms with Crippen molar-refractivity contribution in [3.8, 4) is 23.0 Å². The molecule has 7 rings (SSSR count). The molecule has 51 heavy (non-hydrogen) atoms. The highest BCUT2D eigenvalue weighted by molar-refractivity contribution is 9.10. The first-order valence-electron chi connectivity index (χ1n) is 16.3. The minimum Gasteiger partial charge on any atom is -0.503 e. The molecule has 3 heterocycles. The normalized spacial score (nSPS) is 22.5. The van der Waals surface area contributed by atoms with Crippen LogP contribution in [-0.4, -0.2) is 61.5 Å². The fourth-order valence-corrected chi connectivity index (χ4v) is 8.63. The minimum atomic E-state index is -1.22. The lowest BCUT2D eigenvalue weighted by Gasteiger charge is -2.52. The lowest BCUT2D eigenvalue weighted by Crippen LogP contribution is -2.54. The maximum Gasteiger partial charge on any atom is 0.347 e. The second-order valence-electron chi connectivity index (χ2n) is 13.3. The molecule has 2 aromatic heterocycles. The Balaban J connectivity index is 1.32. The minimum absolute atomic E-state index is 0.0112. The lowest BCUT2D eigenvalue weighted by atomic mass is 9.51. The number of hydrogen-bond donors (Lipinski definition) is 1. The number of phenols is 1. The highest BCUT2D eigenvalue weighted by atomic mass is 79.9. The number of rotatable bonds is 7. The molecule has 0 unspecified atom stereocenters. The molecule has 2 aromatic carbocycles. The van der Waals surface area contributed by atoms with Gasteiger partial charge < -0.3 is 23.9 Å². The average Bonchev–Trinajstić information content (AvgIpc) is 3.36. The van der Waals surface area contributed by atoms with Gasteiger partial charge in [0.25, 0.3) is 5.56 Å². The number of phenolic OH excluding ortho intramolecular Hbond substituents is 1. The van der Waals surface area contributed by atoms with Crippen LogP contribution < -0.4 is 31.1 Å². The Labute approximate surface area is 299 Å². The third-order valence-electron chi connectivity index (χ3n) is 10.8. The lowest BCUT2D eigenvalue weighted by molar-refractivity contribution is -0.139. The smallest absolute Gasteiger partial charge is 0.347 e. The molecule has 1 saturated carbocycles. The Morgan fingerprint density at radius 1 is 0.980 bits per heavy atom. The van der Waals surface area contributed by atoms with Crippen LogP contribution in [0.5, 0.6) is 23.0 Å². The average molecular weight is 763 g/mol. The maximum atomic E-state index is 14.2. The van der Waals surface area contributed by atoms with E-state index >= 15 is 0 Å². The molecule has 3 aliphatic rings. The van der Waals surface area contributed by atoms with E-state index in [0.29, 0.717) is 43.7 Å². The van der Waals surface area contributed by atoms with Crippen molar-refractivity contribution < 1.29 is 28.9 Å². The van der Waals surface area contributed by atoms with E-state index in [1.807, 2.05) is 6.08 Å². The van der Waals surface area contributed by atoms with Crippen molar-refractivity contribution in [1.82, 2.24) is 23.5 Å². The van der Waals surface area contributed by atoms with Crippen molar-refractivity contribution in [3.05, 3.63) is 94.6 Å². The molecule has 0 amide bonds. The highest BCUT2D eigenvalue weighted by Gasteiger charge is 2.59. The third-order valence-corrected chi connectivity index (χ3v) is 11.4. The number of nitrogens with zero attached hydrogens (tertiary/aromatic N) is 5. The van der Waals surface area contributed by atoms with Gasteiger partial charge in [-0.05, 0) is 64.2 Å². The van der Waals surface area contributed by atoms with E-state index in [0.717, 1.165) is 4.57 Å². The second kappa shape index (κ2) is 12.2. The summed E-state index contributed by atoms with van der Waals surface area (Å²) < 4.78 is 21.8. The van der Waals surface area contributed by atoms with Gasteiger partial charge >= 0.3 is 11.4 Å². The Kier molecular flexibility index (Phi) is 8.23. The van der Waals surface area contributed by atoms with Gasteiger partial charge in [-0.1, -0.05) is 13.0 Å². The van der Waals surface area contributed by atoms with E-state index in [2.05, 4.69) is 20.9 Å². The SMILES string of the molecule is COc1cc2nc(CCn3c(=O)n4n(c3=O)[C@@H]3C[C@H]5C(=O)C(C)=CC(=O)[C@@]5(C)[C@@H](c5cc(Br)c(O)c(OC)c5)C3=CC4)c(=O)n(C)c2cc1OC. The number of ether oxygens (including phenoxy) is 3. The van der Waals surface area contributed by atoms with Crippen molar-refractivity contribution in [2.24, 2.45) is 18.4 Å². The summed E-state index contributed by atoms with van der Waals surface area (Å²) in [5, 5.41) is 10.6. The summed E-state index contributed by atoms with van der Waals surface area (Å²) in [6.45, 7) is 3.29. The summed E-state index contributed by atoms with van der Waals surface area (Å²) in [5.74, 6) is -1.00. The summed E-state index contributed by atoms with van der Waals surface area (Å²) in [7, 11) is 6.02. The third kappa shape index (κ3) is 4.95. The van der Waals surface area contributed by atoms with Crippen LogP contribution >= 0.6 is 15.9 Å². The number of aromatic nitrogens is 5. The van der Waals surface area contributed by atoms with Crippen LogP contribution in [-0.2, 0) is 36.1 Å². The Hall–Kier alpha value is -5.18. The fraction of sp³-hybridized carbons (Fsp3) is 0.389. The number of allylic oxidation sites excluding steroid dienone is 4. The first-order chi connectivity index (χ1) is 24.3. The molecule has 1 N–H and O–H groups in total. The zero-order valence-electron chi connectivity index (χ0n) is 28.9. The number of ketones is 2. The molecule has 0 saturated heterocycles. The summed E-state index contributed by atoms with van der Waals surface area (Å²) in [5.41, 5.74) is 0.0170. The monoisotopic (exact) mass is 761 g/mol. The van der Waals surface area contributed by atoms with Crippen molar-refractivity contribution in [2.75, 3.05) is 21.3 Å². The second-order valence-corrected chi connectivity index (χ2v) is 14.2. The van der Waals surface area contributed by atoms with Crippen molar-refractivity contribution in [3.63, 3.8) is 0 Å². The molecular formula is C36H36BrN5O9. The van der Waals surface area contributed by atoms with E-state index < -0.39 is 34.7 Å². The number of carbonyl (C=O) groups excluding carboxylic acids is 2. The van der Waals surface area contributed by atoms with Gasteiger partial charge in [0, 0.05) is 44.0 Å². The molecule has 14 nitrogen and oxygen atoms in total. The zero-order chi connectivity index (χ0) is 36.7. The van der Waals surface area contributed by atoms with Gasteiger partial charge in [0.2, 0.25) is 0 Å². The first kappa shape index (κ1) is 34.3. The number of carbonyl (C=O) groups is 2. The molecule has 4 atom stereocenters. The van der Waals surface area contributed by atoms with Crippen LogP contribution in [0.1, 0.15) is 43.5 Å². The zero-order valence-corrected chi connectivity index (χ0v) is 30.4. The van der Waals surface area contributed by atoms with Gasteiger partial charge in [0.05, 0.1) is 54.8 Å². The van der Waals surface area contributed by atoms with E-state index in [-0.39, 0.29) is 60.2 Å². The molecule has 15 heteroatoms. The largest absolute Gasteiger partial charge is 0.503 e. The summed E-state index contributed by atoms with van der Waals surface area (Å²) in [6.07, 6.45) is 3.34. The number of halogens is 1. The van der Waals surface area contributed by atoms with Crippen LogP contribution in [0.15, 0.2) is 66.4 Å². The first-order valence-corrected chi connectivity index (χ1v) is 17.1. The summed E-state index contributed by atoms with van der Waals surface area (Å²) in [4.78, 5) is 73.8. The highest BCUT2D eigenvalue weighted by Crippen LogP contribution is 2.60. The fourth-order valence-electron chi connectivity index (χ4n) is 8.17. The molecule has 1 fully saturated rings. The predicted octanol–water partition coefficient (Wildman–Crippen LogP) is 3.18. The van der Waals surface area contributed by atoms with Gasteiger partial charge in [-0.3, -0.25) is 14.4 Å².